The van der Waals surface area contributed by atoms with Crippen molar-refractivity contribution in [1.82, 2.24) is 4.98 Å². The molecule has 0 amide bonds. The number of benzene rings is 1. The van der Waals surface area contributed by atoms with Crippen LogP contribution >= 0.6 is 0 Å². The molecule has 28 heavy (non-hydrogen) atoms. The number of aromatic nitrogens is 1. The lowest BCUT2D eigenvalue weighted by molar-refractivity contribution is 0.0945. The quantitative estimate of drug-likeness (QED) is 0.263. The second-order valence-electron chi connectivity index (χ2n) is 6.39. The van der Waals surface area contributed by atoms with Crippen molar-refractivity contribution < 1.29 is 9.21 Å². The summed E-state index contributed by atoms with van der Waals surface area (Å²) in [4.78, 5) is 24.0. The van der Waals surface area contributed by atoms with Crippen LogP contribution in [0.25, 0.3) is 0 Å². The summed E-state index contributed by atoms with van der Waals surface area (Å²) >= 11 is 0. The third kappa shape index (κ3) is 7.19. The van der Waals surface area contributed by atoms with Gasteiger partial charge in [-0.15, -0.1) is 0 Å². The van der Waals surface area contributed by atoms with E-state index in [9.17, 15) is 4.79 Å². The average molecular weight is 381 g/mol. The molecule has 7 heteroatoms. The number of aliphatic imine (C=N–C) groups is 2. The van der Waals surface area contributed by atoms with Gasteiger partial charge in [-0.25, -0.2) is 4.98 Å². The van der Waals surface area contributed by atoms with E-state index in [0.29, 0.717) is 12.1 Å². The number of carbonyl (C=O) groups is 1. The summed E-state index contributed by atoms with van der Waals surface area (Å²) in [5, 5.41) is 0. The largest absolute Gasteiger partial charge is 0.442 e. The Balaban J connectivity index is 1.66. The molecule has 0 atom stereocenters. The molecule has 0 radical (unpaired) electrons. The lowest BCUT2D eigenvalue weighted by Gasteiger charge is -2.02. The maximum Gasteiger partial charge on any atom is 0.263 e. The van der Waals surface area contributed by atoms with E-state index in [4.69, 9.17) is 15.9 Å². The summed E-state index contributed by atoms with van der Waals surface area (Å²) in [5.41, 5.74) is 15.0. The normalized spacial score (nSPS) is 12.2. The Hall–Kier alpha value is -3.22. The van der Waals surface area contributed by atoms with E-state index in [-0.39, 0.29) is 11.7 Å². The van der Waals surface area contributed by atoms with Crippen molar-refractivity contribution in [2.75, 3.05) is 12.8 Å². The number of nitrogen functional groups attached to an aromatic ring is 1. The zero-order valence-corrected chi connectivity index (χ0v) is 16.2. The molecule has 2 rings (SSSR count). The highest BCUT2D eigenvalue weighted by molar-refractivity contribution is 5.91. The third-order valence-electron chi connectivity index (χ3n) is 4.14. The van der Waals surface area contributed by atoms with Crippen molar-refractivity contribution in [2.24, 2.45) is 15.7 Å². The van der Waals surface area contributed by atoms with E-state index in [0.717, 1.165) is 49.1 Å². The number of anilines is 1. The lowest BCUT2D eigenvalue weighted by Crippen LogP contribution is -1.99. The number of unbranched alkanes of at least 4 members (excludes halogenated alkanes) is 3. The first-order chi connectivity index (χ1) is 13.6. The molecule has 0 spiro atoms. The summed E-state index contributed by atoms with van der Waals surface area (Å²) in [7, 11) is 1.70. The van der Waals surface area contributed by atoms with Crippen LogP contribution in [-0.2, 0) is 0 Å². The fourth-order valence-electron chi connectivity index (χ4n) is 2.63. The molecule has 2 aromatic rings. The lowest BCUT2D eigenvalue weighted by atomic mass is 10.1. The number of nitrogens with two attached hydrogens (primary N) is 2. The molecule has 0 saturated carbocycles. The molecule has 148 valence electrons. The van der Waals surface area contributed by atoms with Crippen molar-refractivity contribution >= 4 is 29.6 Å². The van der Waals surface area contributed by atoms with Crippen LogP contribution < -0.4 is 11.5 Å². The minimum atomic E-state index is -0.0448. The van der Waals surface area contributed by atoms with Crippen LogP contribution in [-0.4, -0.2) is 30.2 Å². The van der Waals surface area contributed by atoms with Crippen LogP contribution in [0.5, 0.6) is 0 Å². The number of oxazole rings is 1. The molecule has 0 saturated heterocycles. The van der Waals surface area contributed by atoms with Gasteiger partial charge in [-0.1, -0.05) is 12.8 Å². The topological polar surface area (TPSA) is 120 Å². The summed E-state index contributed by atoms with van der Waals surface area (Å²) in [5.74, 6) is 0.151. The number of rotatable bonds is 11. The summed E-state index contributed by atoms with van der Waals surface area (Å²) in [6, 6.07) is 5.54. The fraction of sp³-hybridized carbons (Fsp3) is 0.333. The van der Waals surface area contributed by atoms with Crippen LogP contribution in [0.15, 0.2) is 56.8 Å². The zero-order chi connectivity index (χ0) is 20.2. The smallest absolute Gasteiger partial charge is 0.263 e. The number of Topliss-reactive ketones (excluding diaryl/α,β-unsaturated/α-hetero) is 1. The first-order valence-corrected chi connectivity index (χ1v) is 9.33. The number of hydrogen-bond donors (Lipinski definition) is 2. The van der Waals surface area contributed by atoms with Gasteiger partial charge in [0.1, 0.15) is 6.26 Å². The van der Waals surface area contributed by atoms with Gasteiger partial charge in [0, 0.05) is 42.8 Å². The van der Waals surface area contributed by atoms with Crippen LogP contribution in [0.2, 0.25) is 0 Å². The summed E-state index contributed by atoms with van der Waals surface area (Å²) < 4.78 is 4.99. The molecule has 0 aliphatic heterocycles. The van der Waals surface area contributed by atoms with Gasteiger partial charge in [0.15, 0.2) is 0 Å². The highest BCUT2D eigenvalue weighted by Crippen LogP contribution is 2.18. The van der Waals surface area contributed by atoms with Gasteiger partial charge in [0.2, 0.25) is 5.78 Å². The third-order valence-corrected chi connectivity index (χ3v) is 4.14. The standard InChI is InChI=1S/C21H27N5O2/c1-24-15-16-14-18(8-9-19(16)23)25-11-10-17(22)6-4-2-3-5-7-20(27)21-26-12-13-28-21/h8-15H,2-7,22-23H2,1H3/b17-10-,24-15?,25-11?. The van der Waals surface area contributed by atoms with Gasteiger partial charge in [-0.3, -0.25) is 14.8 Å². The predicted molar refractivity (Wildman–Crippen MR) is 113 cm³/mol. The fourth-order valence-corrected chi connectivity index (χ4v) is 2.63. The van der Waals surface area contributed by atoms with Gasteiger partial charge in [-0.05, 0) is 43.5 Å². The molecule has 0 bridgehead atoms. The average Bonchev–Trinajstić information content (AvgIpc) is 3.22. The van der Waals surface area contributed by atoms with Crippen LogP contribution in [0.3, 0.4) is 0 Å². The number of carbonyl (C=O) groups excluding carboxylic acids is 1. The van der Waals surface area contributed by atoms with Crippen molar-refractivity contribution in [3.63, 3.8) is 0 Å². The first-order valence-electron chi connectivity index (χ1n) is 9.33. The van der Waals surface area contributed by atoms with E-state index in [2.05, 4.69) is 15.0 Å². The van der Waals surface area contributed by atoms with Gasteiger partial charge < -0.3 is 15.9 Å². The van der Waals surface area contributed by atoms with Crippen molar-refractivity contribution in [2.45, 2.75) is 38.5 Å². The van der Waals surface area contributed by atoms with Gasteiger partial charge >= 0.3 is 0 Å². The number of nitrogens with zero attached hydrogens (tertiary/aromatic N) is 3. The van der Waals surface area contributed by atoms with Crippen molar-refractivity contribution in [3.05, 3.63) is 53.9 Å². The number of ketones is 1. The molecule has 1 heterocycles. The minimum absolute atomic E-state index is 0.0448. The monoisotopic (exact) mass is 381 g/mol. The Morgan fingerprint density at radius 3 is 2.71 bits per heavy atom. The predicted octanol–water partition coefficient (Wildman–Crippen LogP) is 4.07. The van der Waals surface area contributed by atoms with E-state index in [1.807, 2.05) is 24.3 Å². The molecule has 4 N–H and O–H groups in total. The SMILES string of the molecule is CN=Cc1cc(N=C/C=C(\N)CCCCCCC(=O)c2ncco2)ccc1N. The molecule has 0 fully saturated rings. The second-order valence-corrected chi connectivity index (χ2v) is 6.39. The Bertz CT molecular complexity index is 838. The molecule has 0 aliphatic rings. The van der Waals surface area contributed by atoms with Crippen LogP contribution in [0, 0.1) is 0 Å². The molecule has 0 aliphatic carbocycles. The van der Waals surface area contributed by atoms with Crippen LogP contribution in [0.4, 0.5) is 11.4 Å². The van der Waals surface area contributed by atoms with Gasteiger partial charge in [0.25, 0.3) is 5.89 Å². The summed E-state index contributed by atoms with van der Waals surface area (Å²) in [6.07, 6.45) is 13.2. The van der Waals surface area contributed by atoms with Gasteiger partial charge in [-0.2, -0.15) is 0 Å². The molecule has 1 aromatic heterocycles. The molecule has 7 nitrogen and oxygen atoms in total. The Morgan fingerprint density at radius 1 is 1.21 bits per heavy atom. The van der Waals surface area contributed by atoms with E-state index in [1.54, 1.807) is 19.5 Å². The minimum Gasteiger partial charge on any atom is -0.442 e. The Labute approximate surface area is 165 Å². The Morgan fingerprint density at radius 2 is 2.00 bits per heavy atom. The van der Waals surface area contributed by atoms with Gasteiger partial charge in [0.05, 0.1) is 11.9 Å². The number of hydrogen-bond acceptors (Lipinski definition) is 7. The van der Waals surface area contributed by atoms with E-state index < -0.39 is 0 Å². The first kappa shape index (κ1) is 21.1. The zero-order valence-electron chi connectivity index (χ0n) is 16.2. The van der Waals surface area contributed by atoms with Crippen molar-refractivity contribution in [3.8, 4) is 0 Å². The van der Waals surface area contributed by atoms with Crippen molar-refractivity contribution in [1.29, 1.82) is 0 Å². The highest BCUT2D eigenvalue weighted by Gasteiger charge is 2.09. The molecule has 0 unspecified atom stereocenters. The van der Waals surface area contributed by atoms with E-state index >= 15 is 0 Å². The highest BCUT2D eigenvalue weighted by atomic mass is 16.3. The molecular formula is C21H27N5O2. The second kappa shape index (κ2) is 11.5. The molecular weight excluding hydrogens is 354 g/mol. The maximum atomic E-state index is 11.7. The molecule has 1 aromatic carbocycles. The van der Waals surface area contributed by atoms with Crippen LogP contribution in [0.1, 0.15) is 54.8 Å². The maximum absolute atomic E-state index is 11.7. The Kier molecular flexibility index (Phi) is 8.65. The number of allylic oxidation sites excluding steroid dienone is 2. The summed E-state index contributed by atoms with van der Waals surface area (Å²) in [6.45, 7) is 0. The van der Waals surface area contributed by atoms with E-state index in [1.165, 1.54) is 12.5 Å².